The molecule has 0 bridgehead atoms. The molecule has 28 heavy (non-hydrogen) atoms. The van der Waals surface area contributed by atoms with Gasteiger partial charge in [0.15, 0.2) is 5.82 Å². The molecule has 0 aliphatic carbocycles. The van der Waals surface area contributed by atoms with E-state index >= 15 is 0 Å². The maximum atomic E-state index is 12.2. The van der Waals surface area contributed by atoms with Crippen molar-refractivity contribution in [1.82, 2.24) is 24.9 Å². The predicted molar refractivity (Wildman–Crippen MR) is 101 cm³/mol. The lowest BCUT2D eigenvalue weighted by Gasteiger charge is -2.09. The summed E-state index contributed by atoms with van der Waals surface area (Å²) in [4.78, 5) is 34.5. The van der Waals surface area contributed by atoms with Gasteiger partial charge in [-0.25, -0.2) is 9.36 Å². The Morgan fingerprint density at radius 2 is 1.96 bits per heavy atom. The number of benzene rings is 1. The second-order valence-corrected chi connectivity index (χ2v) is 6.16. The zero-order valence-electron chi connectivity index (χ0n) is 15.3. The van der Waals surface area contributed by atoms with Crippen LogP contribution >= 0.6 is 0 Å². The molecule has 1 N–H and O–H groups in total. The fourth-order valence-electron chi connectivity index (χ4n) is 2.71. The van der Waals surface area contributed by atoms with Crippen LogP contribution in [0, 0.1) is 24.0 Å². The third-order valence-corrected chi connectivity index (χ3v) is 4.01. The highest BCUT2D eigenvalue weighted by Crippen LogP contribution is 2.12. The Bertz CT molecular complexity index is 1100. The molecule has 0 aliphatic rings. The number of hydrogen-bond acceptors (Lipinski definition) is 6. The summed E-state index contributed by atoms with van der Waals surface area (Å²) in [5.41, 5.74) is 1.42. The summed E-state index contributed by atoms with van der Waals surface area (Å²) in [6.07, 6.45) is 0. The van der Waals surface area contributed by atoms with Crippen molar-refractivity contribution in [3.8, 4) is 5.82 Å². The fraction of sp³-hybridized carbons (Fsp3) is 0.222. The highest BCUT2D eigenvalue weighted by molar-refractivity contribution is 5.94. The SMILES string of the molecule is Cc1cc(C)n(-c2ccc(=O)n(CCNC(=O)c3cccc([N+](=O)[O-])c3)n2)n1. The zero-order valence-corrected chi connectivity index (χ0v) is 15.3. The van der Waals surface area contributed by atoms with Crippen molar-refractivity contribution in [2.24, 2.45) is 0 Å². The van der Waals surface area contributed by atoms with Gasteiger partial charge in [0.1, 0.15) is 0 Å². The smallest absolute Gasteiger partial charge is 0.270 e. The summed E-state index contributed by atoms with van der Waals surface area (Å²) in [7, 11) is 0. The minimum atomic E-state index is -0.565. The molecule has 2 heterocycles. The number of aryl methyl sites for hydroxylation is 2. The molecular weight excluding hydrogens is 364 g/mol. The van der Waals surface area contributed by atoms with E-state index in [2.05, 4.69) is 15.5 Å². The van der Waals surface area contributed by atoms with Gasteiger partial charge in [-0.3, -0.25) is 19.7 Å². The Morgan fingerprint density at radius 3 is 2.64 bits per heavy atom. The topological polar surface area (TPSA) is 125 Å². The highest BCUT2D eigenvalue weighted by Gasteiger charge is 2.12. The van der Waals surface area contributed by atoms with Crippen molar-refractivity contribution >= 4 is 11.6 Å². The molecule has 1 amide bonds. The first-order valence-electron chi connectivity index (χ1n) is 8.49. The maximum Gasteiger partial charge on any atom is 0.270 e. The zero-order chi connectivity index (χ0) is 20.3. The van der Waals surface area contributed by atoms with E-state index in [-0.39, 0.29) is 29.9 Å². The van der Waals surface area contributed by atoms with Gasteiger partial charge >= 0.3 is 0 Å². The number of carbonyl (C=O) groups excluding carboxylic acids is 1. The van der Waals surface area contributed by atoms with Crippen molar-refractivity contribution in [2.75, 3.05) is 6.54 Å². The standard InChI is InChI=1S/C18H18N6O4/c1-12-10-13(2)23(20-12)16-6-7-17(25)22(21-16)9-8-19-18(26)14-4-3-5-15(11-14)24(27)28/h3-7,10-11H,8-9H2,1-2H3,(H,19,26). The normalized spacial score (nSPS) is 10.6. The Morgan fingerprint density at radius 1 is 1.18 bits per heavy atom. The van der Waals surface area contributed by atoms with Crippen LogP contribution in [-0.2, 0) is 6.54 Å². The molecule has 0 spiro atoms. The number of hydrogen-bond donors (Lipinski definition) is 1. The molecular formula is C18H18N6O4. The van der Waals surface area contributed by atoms with Gasteiger partial charge in [0.05, 0.1) is 17.2 Å². The van der Waals surface area contributed by atoms with E-state index in [0.29, 0.717) is 5.82 Å². The van der Waals surface area contributed by atoms with Crippen LogP contribution in [-0.4, -0.2) is 36.9 Å². The van der Waals surface area contributed by atoms with Gasteiger partial charge in [-0.05, 0) is 32.0 Å². The van der Waals surface area contributed by atoms with Crippen LogP contribution in [0.3, 0.4) is 0 Å². The third kappa shape index (κ3) is 4.11. The summed E-state index contributed by atoms with van der Waals surface area (Å²) in [5, 5.41) is 22.1. The van der Waals surface area contributed by atoms with E-state index in [1.807, 2.05) is 19.9 Å². The summed E-state index contributed by atoms with van der Waals surface area (Å²) in [6, 6.07) is 10.3. The van der Waals surface area contributed by atoms with Crippen LogP contribution in [0.5, 0.6) is 0 Å². The molecule has 3 rings (SSSR count). The summed E-state index contributed by atoms with van der Waals surface area (Å²) in [5.74, 6) is 0.0293. The van der Waals surface area contributed by atoms with Gasteiger partial charge in [-0.1, -0.05) is 6.07 Å². The number of nitro groups is 1. The lowest BCUT2D eigenvalue weighted by Crippen LogP contribution is -2.32. The Hall–Kier alpha value is -3.82. The van der Waals surface area contributed by atoms with Crippen LogP contribution in [0.15, 0.2) is 47.3 Å². The number of aromatic nitrogens is 4. The molecule has 144 valence electrons. The summed E-state index contributed by atoms with van der Waals surface area (Å²) >= 11 is 0. The van der Waals surface area contributed by atoms with Gasteiger partial charge in [-0.2, -0.15) is 5.10 Å². The van der Waals surface area contributed by atoms with Crippen LogP contribution in [0.4, 0.5) is 5.69 Å². The van der Waals surface area contributed by atoms with Crippen LogP contribution in [0.1, 0.15) is 21.7 Å². The average molecular weight is 382 g/mol. The molecule has 0 atom stereocenters. The molecule has 3 aromatic rings. The molecule has 1 aromatic carbocycles. The number of nitrogens with one attached hydrogen (secondary N) is 1. The third-order valence-electron chi connectivity index (χ3n) is 4.01. The lowest BCUT2D eigenvalue weighted by molar-refractivity contribution is -0.384. The quantitative estimate of drug-likeness (QED) is 0.507. The number of amides is 1. The van der Waals surface area contributed by atoms with Gasteiger partial charge < -0.3 is 5.32 Å². The van der Waals surface area contributed by atoms with E-state index in [9.17, 15) is 19.7 Å². The largest absolute Gasteiger partial charge is 0.350 e. The van der Waals surface area contributed by atoms with E-state index in [1.54, 1.807) is 10.7 Å². The number of non-ortho nitro benzene ring substituents is 1. The Balaban J connectivity index is 1.69. The molecule has 0 fully saturated rings. The summed E-state index contributed by atoms with van der Waals surface area (Å²) < 4.78 is 2.87. The predicted octanol–water partition coefficient (Wildman–Crippen LogP) is 1.38. The minimum Gasteiger partial charge on any atom is -0.350 e. The lowest BCUT2D eigenvalue weighted by atomic mass is 10.2. The molecule has 2 aromatic heterocycles. The molecule has 0 aliphatic heterocycles. The molecule has 10 nitrogen and oxygen atoms in total. The Labute approximate surface area is 159 Å². The average Bonchev–Trinajstić information content (AvgIpc) is 3.01. The summed E-state index contributed by atoms with van der Waals surface area (Å²) in [6.45, 7) is 4.03. The first-order valence-corrected chi connectivity index (χ1v) is 8.49. The maximum absolute atomic E-state index is 12.2. The van der Waals surface area contributed by atoms with Crippen molar-refractivity contribution in [2.45, 2.75) is 20.4 Å². The van der Waals surface area contributed by atoms with E-state index in [4.69, 9.17) is 0 Å². The minimum absolute atomic E-state index is 0.134. The van der Waals surface area contributed by atoms with E-state index < -0.39 is 10.8 Å². The fourth-order valence-corrected chi connectivity index (χ4v) is 2.71. The number of nitro benzene ring substituents is 1. The van der Waals surface area contributed by atoms with E-state index in [1.165, 1.54) is 35.0 Å². The van der Waals surface area contributed by atoms with Crippen LogP contribution in [0.25, 0.3) is 5.82 Å². The first kappa shape index (κ1) is 19.0. The van der Waals surface area contributed by atoms with Crippen molar-refractivity contribution in [1.29, 1.82) is 0 Å². The van der Waals surface area contributed by atoms with Crippen LogP contribution < -0.4 is 10.9 Å². The monoisotopic (exact) mass is 382 g/mol. The highest BCUT2D eigenvalue weighted by atomic mass is 16.6. The Kier molecular flexibility index (Phi) is 5.30. The molecule has 0 radical (unpaired) electrons. The number of rotatable bonds is 6. The molecule has 0 saturated carbocycles. The molecule has 0 unspecified atom stereocenters. The van der Waals surface area contributed by atoms with Gasteiger partial charge in [0, 0.05) is 36.0 Å². The van der Waals surface area contributed by atoms with Crippen LogP contribution in [0.2, 0.25) is 0 Å². The van der Waals surface area contributed by atoms with Gasteiger partial charge in [0.25, 0.3) is 17.2 Å². The van der Waals surface area contributed by atoms with E-state index in [0.717, 1.165) is 11.4 Å². The first-order chi connectivity index (χ1) is 13.3. The second kappa shape index (κ2) is 7.82. The van der Waals surface area contributed by atoms with Crippen molar-refractivity contribution in [3.63, 3.8) is 0 Å². The number of nitrogens with zero attached hydrogens (tertiary/aromatic N) is 5. The molecule has 10 heteroatoms. The second-order valence-electron chi connectivity index (χ2n) is 6.16. The van der Waals surface area contributed by atoms with Gasteiger partial charge in [-0.15, -0.1) is 5.10 Å². The molecule has 0 saturated heterocycles. The van der Waals surface area contributed by atoms with Gasteiger partial charge in [0.2, 0.25) is 0 Å². The van der Waals surface area contributed by atoms with Crippen molar-refractivity contribution in [3.05, 3.63) is 79.9 Å². The van der Waals surface area contributed by atoms with Crippen molar-refractivity contribution < 1.29 is 9.72 Å². The number of carbonyl (C=O) groups is 1.